The van der Waals surface area contributed by atoms with E-state index in [9.17, 15) is 22.8 Å². The molecule has 0 saturated heterocycles. The van der Waals surface area contributed by atoms with Crippen molar-refractivity contribution < 1.29 is 18.0 Å². The van der Waals surface area contributed by atoms with Crippen molar-refractivity contribution in [3.8, 4) is 0 Å². The number of aromatic amines is 1. The predicted octanol–water partition coefficient (Wildman–Crippen LogP) is 1.54. The third-order valence-electron chi connectivity index (χ3n) is 2.62. The fourth-order valence-corrected chi connectivity index (χ4v) is 1.69. The second-order valence-corrected chi connectivity index (χ2v) is 4.22. The Morgan fingerprint density at radius 1 is 1.44 bits per heavy atom. The first-order valence-corrected chi connectivity index (χ1v) is 5.43. The Kier molecular flexibility index (Phi) is 3.14. The predicted molar refractivity (Wildman–Crippen MR) is 57.2 cm³/mol. The minimum Gasteiger partial charge on any atom is -0.329 e. The van der Waals surface area contributed by atoms with Crippen LogP contribution in [0.3, 0.4) is 0 Å². The molecule has 0 aromatic carbocycles. The number of aromatic nitrogens is 1. The molecule has 1 N–H and O–H groups in total. The lowest BCUT2D eigenvalue weighted by atomic mass is 10.2. The van der Waals surface area contributed by atoms with Crippen molar-refractivity contribution in [3.05, 3.63) is 34.2 Å². The number of alkyl halides is 3. The summed E-state index contributed by atoms with van der Waals surface area (Å²) in [5, 5.41) is 0. The van der Waals surface area contributed by atoms with Crippen molar-refractivity contribution in [1.29, 1.82) is 0 Å². The first kappa shape index (κ1) is 12.7. The molecule has 1 aliphatic rings. The molecule has 7 heteroatoms. The van der Waals surface area contributed by atoms with E-state index >= 15 is 0 Å². The number of H-pyrrole nitrogens is 1. The number of hydrogen-bond donors (Lipinski definition) is 1. The summed E-state index contributed by atoms with van der Waals surface area (Å²) in [6, 6.07) is 1.95. The van der Waals surface area contributed by atoms with Gasteiger partial charge in [0.15, 0.2) is 0 Å². The molecule has 1 heterocycles. The molecule has 0 radical (unpaired) electrons. The van der Waals surface area contributed by atoms with E-state index in [4.69, 9.17) is 0 Å². The van der Waals surface area contributed by atoms with Crippen LogP contribution in [0.15, 0.2) is 23.1 Å². The van der Waals surface area contributed by atoms with Gasteiger partial charge in [-0.2, -0.15) is 13.2 Å². The van der Waals surface area contributed by atoms with E-state index in [1.54, 1.807) is 0 Å². The summed E-state index contributed by atoms with van der Waals surface area (Å²) in [6.07, 6.45) is -2.04. The molecule has 1 amide bonds. The second-order valence-electron chi connectivity index (χ2n) is 4.22. The van der Waals surface area contributed by atoms with Crippen molar-refractivity contribution in [2.75, 3.05) is 6.54 Å². The van der Waals surface area contributed by atoms with Gasteiger partial charge in [-0.1, -0.05) is 0 Å². The van der Waals surface area contributed by atoms with Crippen molar-refractivity contribution in [1.82, 2.24) is 9.88 Å². The molecular weight excluding hydrogens is 249 g/mol. The number of carbonyl (C=O) groups is 1. The average Bonchev–Trinajstić information content (AvgIpc) is 3.07. The Hall–Kier alpha value is -1.79. The molecule has 1 fully saturated rings. The van der Waals surface area contributed by atoms with Gasteiger partial charge in [0.25, 0.3) is 5.91 Å². The van der Waals surface area contributed by atoms with E-state index in [0.717, 1.165) is 11.0 Å². The molecule has 4 nitrogen and oxygen atoms in total. The number of carbonyl (C=O) groups excluding carboxylic acids is 1. The summed E-state index contributed by atoms with van der Waals surface area (Å²) in [6.45, 7) is -1.27. The van der Waals surface area contributed by atoms with Crippen LogP contribution in [-0.4, -0.2) is 34.6 Å². The molecular formula is C11H11F3N2O2. The van der Waals surface area contributed by atoms with E-state index in [-0.39, 0.29) is 11.6 Å². The largest absolute Gasteiger partial charge is 0.406 e. The number of hydrogen-bond acceptors (Lipinski definition) is 2. The monoisotopic (exact) mass is 260 g/mol. The summed E-state index contributed by atoms with van der Waals surface area (Å²) in [4.78, 5) is 26.1. The van der Waals surface area contributed by atoms with Crippen LogP contribution in [0.25, 0.3) is 0 Å². The zero-order valence-electron chi connectivity index (χ0n) is 9.33. The van der Waals surface area contributed by atoms with Crippen LogP contribution in [-0.2, 0) is 0 Å². The Morgan fingerprint density at radius 3 is 2.61 bits per heavy atom. The fourth-order valence-electron chi connectivity index (χ4n) is 1.69. The molecule has 0 spiro atoms. The second kappa shape index (κ2) is 4.47. The molecule has 0 unspecified atom stereocenters. The van der Waals surface area contributed by atoms with E-state index in [0.29, 0.717) is 12.8 Å². The molecule has 2 rings (SSSR count). The van der Waals surface area contributed by atoms with Crippen LogP contribution in [0.2, 0.25) is 0 Å². The van der Waals surface area contributed by atoms with Crippen molar-refractivity contribution in [2.45, 2.75) is 25.1 Å². The number of rotatable bonds is 3. The van der Waals surface area contributed by atoms with Gasteiger partial charge < -0.3 is 9.88 Å². The summed E-state index contributed by atoms with van der Waals surface area (Å²) in [5.74, 6) is -0.749. The van der Waals surface area contributed by atoms with Gasteiger partial charge >= 0.3 is 6.18 Å². The average molecular weight is 260 g/mol. The number of halogens is 3. The van der Waals surface area contributed by atoms with Gasteiger partial charge in [0.1, 0.15) is 6.54 Å². The van der Waals surface area contributed by atoms with Crippen LogP contribution in [0.1, 0.15) is 23.2 Å². The van der Waals surface area contributed by atoms with E-state index in [1.807, 2.05) is 0 Å². The van der Waals surface area contributed by atoms with E-state index in [1.165, 1.54) is 12.3 Å². The smallest absolute Gasteiger partial charge is 0.329 e. The minimum atomic E-state index is -4.43. The molecule has 1 aromatic heterocycles. The highest BCUT2D eigenvalue weighted by Crippen LogP contribution is 2.31. The lowest BCUT2D eigenvalue weighted by Gasteiger charge is -2.23. The molecule has 1 aliphatic carbocycles. The Bertz CT molecular complexity index is 506. The topological polar surface area (TPSA) is 53.2 Å². The van der Waals surface area contributed by atoms with Gasteiger partial charge in [0.2, 0.25) is 5.56 Å². The van der Waals surface area contributed by atoms with Gasteiger partial charge in [-0.3, -0.25) is 9.59 Å². The molecule has 1 saturated carbocycles. The van der Waals surface area contributed by atoms with Crippen LogP contribution in [0.5, 0.6) is 0 Å². The summed E-state index contributed by atoms with van der Waals surface area (Å²) in [5.41, 5.74) is -0.529. The summed E-state index contributed by atoms with van der Waals surface area (Å²) >= 11 is 0. The highest BCUT2D eigenvalue weighted by molar-refractivity contribution is 5.94. The third kappa shape index (κ3) is 3.12. The van der Waals surface area contributed by atoms with Crippen LogP contribution >= 0.6 is 0 Å². The molecule has 1 aromatic rings. The standard InChI is InChI=1S/C11H11F3N2O2/c12-11(13,14)6-16(8-1-2-8)10(18)7-3-4-15-9(17)5-7/h3-5,8H,1-2,6H2,(H,15,17). The van der Waals surface area contributed by atoms with E-state index in [2.05, 4.69) is 4.98 Å². The Labute approximate surface area is 100 Å². The van der Waals surface area contributed by atoms with Crippen LogP contribution in [0, 0.1) is 0 Å². The maximum absolute atomic E-state index is 12.4. The van der Waals surface area contributed by atoms with Gasteiger partial charge in [-0.15, -0.1) is 0 Å². The van der Waals surface area contributed by atoms with Crippen molar-refractivity contribution in [2.24, 2.45) is 0 Å². The maximum atomic E-state index is 12.4. The van der Waals surface area contributed by atoms with Crippen LogP contribution < -0.4 is 5.56 Å². The minimum absolute atomic E-state index is 0.0186. The van der Waals surface area contributed by atoms with Gasteiger partial charge in [-0.05, 0) is 18.9 Å². The lowest BCUT2D eigenvalue weighted by Crippen LogP contribution is -2.40. The van der Waals surface area contributed by atoms with Gasteiger partial charge in [0.05, 0.1) is 0 Å². The number of amides is 1. The summed E-state index contributed by atoms with van der Waals surface area (Å²) < 4.78 is 37.2. The van der Waals surface area contributed by atoms with Crippen LogP contribution in [0.4, 0.5) is 13.2 Å². The molecule has 98 valence electrons. The lowest BCUT2D eigenvalue weighted by molar-refractivity contribution is -0.141. The zero-order chi connectivity index (χ0) is 13.3. The van der Waals surface area contributed by atoms with Crippen molar-refractivity contribution >= 4 is 5.91 Å². The quantitative estimate of drug-likeness (QED) is 0.896. The summed E-state index contributed by atoms with van der Waals surface area (Å²) in [7, 11) is 0. The highest BCUT2D eigenvalue weighted by Gasteiger charge is 2.40. The molecule has 0 aliphatic heterocycles. The normalized spacial score (nSPS) is 15.5. The van der Waals surface area contributed by atoms with Gasteiger partial charge in [-0.25, -0.2) is 0 Å². The highest BCUT2D eigenvalue weighted by atomic mass is 19.4. The first-order valence-electron chi connectivity index (χ1n) is 5.43. The fraction of sp³-hybridized carbons (Fsp3) is 0.455. The van der Waals surface area contributed by atoms with Gasteiger partial charge in [0, 0.05) is 23.9 Å². The number of nitrogens with one attached hydrogen (secondary N) is 1. The SMILES string of the molecule is O=C(c1cc[nH]c(=O)c1)N(CC(F)(F)F)C1CC1. The Balaban J connectivity index is 2.21. The maximum Gasteiger partial charge on any atom is 0.406 e. The number of nitrogens with zero attached hydrogens (tertiary/aromatic N) is 1. The molecule has 0 atom stereocenters. The number of pyridine rings is 1. The van der Waals surface area contributed by atoms with E-state index < -0.39 is 24.2 Å². The molecule has 0 bridgehead atoms. The first-order chi connectivity index (χ1) is 8.37. The zero-order valence-corrected chi connectivity index (χ0v) is 9.33. The van der Waals surface area contributed by atoms with Crippen molar-refractivity contribution in [3.63, 3.8) is 0 Å². The third-order valence-corrected chi connectivity index (χ3v) is 2.62. The molecule has 18 heavy (non-hydrogen) atoms. The Morgan fingerprint density at radius 2 is 2.11 bits per heavy atom.